The summed E-state index contributed by atoms with van der Waals surface area (Å²) in [4.78, 5) is 2.33. The average molecular weight is 234 g/mol. The first-order valence-electron chi connectivity index (χ1n) is 6.45. The summed E-state index contributed by atoms with van der Waals surface area (Å²) in [6, 6.07) is 9.31. The van der Waals surface area contributed by atoms with Crippen LogP contribution in [0.25, 0.3) is 0 Å². The van der Waals surface area contributed by atoms with Gasteiger partial charge in [-0.25, -0.2) is 0 Å². The number of hydrogen-bond acceptors (Lipinski definition) is 3. The van der Waals surface area contributed by atoms with E-state index in [4.69, 9.17) is 0 Å². The molecular weight excluding hydrogens is 212 g/mol. The molecule has 0 amide bonds. The molecule has 2 atom stereocenters. The molecule has 17 heavy (non-hydrogen) atoms. The number of hydrogen-bond donors (Lipinski definition) is 2. The average Bonchev–Trinajstić information content (AvgIpc) is 2.38. The Morgan fingerprint density at radius 2 is 2.00 bits per heavy atom. The van der Waals surface area contributed by atoms with Crippen molar-refractivity contribution >= 4 is 5.69 Å². The lowest BCUT2D eigenvalue weighted by Gasteiger charge is -2.42. The van der Waals surface area contributed by atoms with Crippen LogP contribution in [-0.2, 0) is 6.42 Å². The number of rotatable bonds is 3. The summed E-state index contributed by atoms with van der Waals surface area (Å²) >= 11 is 0. The molecule has 1 aliphatic heterocycles. The molecule has 1 aromatic carbocycles. The third kappa shape index (κ3) is 2.61. The lowest BCUT2D eigenvalue weighted by atomic mass is 10.1. The fourth-order valence-corrected chi connectivity index (χ4v) is 2.54. The van der Waals surface area contributed by atoms with Gasteiger partial charge in [0.1, 0.15) is 0 Å². The minimum absolute atomic E-state index is 0.186. The largest absolute Gasteiger partial charge is 0.394 e. The maximum Gasteiger partial charge on any atom is 0.0649 e. The molecule has 0 bridgehead atoms. The lowest BCUT2D eigenvalue weighted by Crippen LogP contribution is -2.57. The highest BCUT2D eigenvalue weighted by Gasteiger charge is 2.27. The molecule has 0 radical (unpaired) electrons. The van der Waals surface area contributed by atoms with Gasteiger partial charge in [0.15, 0.2) is 0 Å². The second-order valence-corrected chi connectivity index (χ2v) is 4.77. The molecule has 1 aromatic rings. The van der Waals surface area contributed by atoms with Crippen LogP contribution >= 0.6 is 0 Å². The monoisotopic (exact) mass is 234 g/mol. The van der Waals surface area contributed by atoms with Gasteiger partial charge in [0.05, 0.1) is 12.6 Å². The Hall–Kier alpha value is -1.06. The highest BCUT2D eigenvalue weighted by Crippen LogP contribution is 2.22. The van der Waals surface area contributed by atoms with Gasteiger partial charge in [0, 0.05) is 24.8 Å². The highest BCUT2D eigenvalue weighted by molar-refractivity contribution is 5.50. The van der Waals surface area contributed by atoms with Crippen molar-refractivity contribution in [2.24, 2.45) is 0 Å². The second kappa shape index (κ2) is 5.52. The first-order valence-corrected chi connectivity index (χ1v) is 6.45. The van der Waals surface area contributed by atoms with Gasteiger partial charge >= 0.3 is 0 Å². The molecule has 0 saturated carbocycles. The molecule has 2 rings (SSSR count). The zero-order chi connectivity index (χ0) is 12.3. The van der Waals surface area contributed by atoms with Gasteiger partial charge in [-0.15, -0.1) is 0 Å². The van der Waals surface area contributed by atoms with E-state index >= 15 is 0 Å². The molecule has 1 fully saturated rings. The lowest BCUT2D eigenvalue weighted by molar-refractivity contribution is 0.235. The molecule has 0 aliphatic carbocycles. The number of benzene rings is 1. The van der Waals surface area contributed by atoms with E-state index in [2.05, 4.69) is 48.3 Å². The van der Waals surface area contributed by atoms with E-state index in [0.717, 1.165) is 19.5 Å². The van der Waals surface area contributed by atoms with Crippen LogP contribution in [0, 0.1) is 0 Å². The van der Waals surface area contributed by atoms with Crippen molar-refractivity contribution in [1.29, 1.82) is 0 Å². The fourth-order valence-electron chi connectivity index (χ4n) is 2.54. The predicted octanol–water partition coefficient (Wildman–Crippen LogP) is 1.41. The standard InChI is InChI=1S/C14H22N2O/c1-3-12-4-6-13(7-5-12)16-11(2)8-15-9-14(16)10-17/h4-7,11,14-15,17H,3,8-10H2,1-2H3. The van der Waals surface area contributed by atoms with Crippen LogP contribution in [0.15, 0.2) is 24.3 Å². The Kier molecular flexibility index (Phi) is 4.02. The normalized spacial score (nSPS) is 25.0. The number of aliphatic hydroxyl groups is 1. The third-order valence-electron chi connectivity index (χ3n) is 3.54. The Balaban J connectivity index is 2.21. The SMILES string of the molecule is CCc1ccc(N2C(C)CNCC2CO)cc1. The van der Waals surface area contributed by atoms with Crippen molar-refractivity contribution in [2.75, 3.05) is 24.6 Å². The van der Waals surface area contributed by atoms with Crippen molar-refractivity contribution in [3.05, 3.63) is 29.8 Å². The van der Waals surface area contributed by atoms with E-state index in [9.17, 15) is 5.11 Å². The first-order chi connectivity index (χ1) is 8.26. The second-order valence-electron chi connectivity index (χ2n) is 4.77. The highest BCUT2D eigenvalue weighted by atomic mass is 16.3. The summed E-state index contributed by atoms with van der Waals surface area (Å²) in [6.07, 6.45) is 1.07. The summed E-state index contributed by atoms with van der Waals surface area (Å²) in [5.74, 6) is 0. The van der Waals surface area contributed by atoms with Gasteiger partial charge in [-0.1, -0.05) is 19.1 Å². The number of nitrogens with zero attached hydrogens (tertiary/aromatic N) is 1. The number of aliphatic hydroxyl groups excluding tert-OH is 1. The maximum atomic E-state index is 9.46. The summed E-state index contributed by atoms with van der Waals surface area (Å²) < 4.78 is 0. The minimum Gasteiger partial charge on any atom is -0.394 e. The smallest absolute Gasteiger partial charge is 0.0649 e. The zero-order valence-electron chi connectivity index (χ0n) is 10.7. The van der Waals surface area contributed by atoms with Crippen LogP contribution in [0.3, 0.4) is 0 Å². The third-order valence-corrected chi connectivity index (χ3v) is 3.54. The van der Waals surface area contributed by atoms with E-state index in [1.54, 1.807) is 0 Å². The minimum atomic E-state index is 0.186. The first kappa shape index (κ1) is 12.4. The van der Waals surface area contributed by atoms with Crippen LogP contribution in [0.1, 0.15) is 19.4 Å². The molecule has 2 N–H and O–H groups in total. The molecule has 0 aromatic heterocycles. The van der Waals surface area contributed by atoms with Crippen LogP contribution in [0.5, 0.6) is 0 Å². The summed E-state index contributed by atoms with van der Waals surface area (Å²) in [5.41, 5.74) is 2.58. The molecular formula is C14H22N2O. The molecule has 3 nitrogen and oxygen atoms in total. The molecule has 1 aliphatic rings. The van der Waals surface area contributed by atoms with Crippen molar-refractivity contribution in [1.82, 2.24) is 5.32 Å². The summed E-state index contributed by atoms with van der Waals surface area (Å²) in [6.45, 7) is 6.40. The van der Waals surface area contributed by atoms with E-state index in [1.807, 2.05) is 0 Å². The number of anilines is 1. The Morgan fingerprint density at radius 3 is 2.59 bits per heavy atom. The van der Waals surface area contributed by atoms with Crippen LogP contribution < -0.4 is 10.2 Å². The molecule has 1 saturated heterocycles. The van der Waals surface area contributed by atoms with Gasteiger partial charge < -0.3 is 15.3 Å². The summed E-state index contributed by atoms with van der Waals surface area (Å²) in [5, 5.41) is 12.8. The Bertz CT molecular complexity index is 350. The zero-order valence-corrected chi connectivity index (χ0v) is 10.7. The van der Waals surface area contributed by atoms with Gasteiger partial charge in [0.25, 0.3) is 0 Å². The summed E-state index contributed by atoms with van der Waals surface area (Å²) in [7, 11) is 0. The molecule has 3 heteroatoms. The van der Waals surface area contributed by atoms with Crippen LogP contribution in [0.4, 0.5) is 5.69 Å². The van der Waals surface area contributed by atoms with Crippen LogP contribution in [-0.4, -0.2) is 36.9 Å². The van der Waals surface area contributed by atoms with E-state index < -0.39 is 0 Å². The molecule has 2 unspecified atom stereocenters. The number of piperazine rings is 1. The van der Waals surface area contributed by atoms with Crippen molar-refractivity contribution in [3.8, 4) is 0 Å². The van der Waals surface area contributed by atoms with Gasteiger partial charge in [-0.2, -0.15) is 0 Å². The van der Waals surface area contributed by atoms with E-state index in [-0.39, 0.29) is 12.6 Å². The van der Waals surface area contributed by atoms with Crippen molar-refractivity contribution < 1.29 is 5.11 Å². The van der Waals surface area contributed by atoms with E-state index in [1.165, 1.54) is 11.3 Å². The Morgan fingerprint density at radius 1 is 1.29 bits per heavy atom. The number of nitrogens with one attached hydrogen (secondary N) is 1. The van der Waals surface area contributed by atoms with E-state index in [0.29, 0.717) is 6.04 Å². The van der Waals surface area contributed by atoms with Crippen LogP contribution in [0.2, 0.25) is 0 Å². The number of aryl methyl sites for hydroxylation is 1. The quantitative estimate of drug-likeness (QED) is 0.830. The van der Waals surface area contributed by atoms with Crippen molar-refractivity contribution in [3.63, 3.8) is 0 Å². The van der Waals surface area contributed by atoms with Gasteiger partial charge in [-0.05, 0) is 31.0 Å². The molecule has 94 valence electrons. The van der Waals surface area contributed by atoms with Gasteiger partial charge in [0.2, 0.25) is 0 Å². The molecule has 1 heterocycles. The fraction of sp³-hybridized carbons (Fsp3) is 0.571. The maximum absolute atomic E-state index is 9.46. The van der Waals surface area contributed by atoms with Gasteiger partial charge in [-0.3, -0.25) is 0 Å². The predicted molar refractivity (Wildman–Crippen MR) is 71.5 cm³/mol. The molecule has 0 spiro atoms. The Labute approximate surface area is 103 Å². The topological polar surface area (TPSA) is 35.5 Å². The van der Waals surface area contributed by atoms with Crippen molar-refractivity contribution in [2.45, 2.75) is 32.4 Å².